The van der Waals surface area contributed by atoms with Crippen molar-refractivity contribution in [3.63, 3.8) is 0 Å². The van der Waals surface area contributed by atoms with Crippen LogP contribution in [0.1, 0.15) is 26.7 Å². The average Bonchev–Trinajstić information content (AvgIpc) is 2.85. The molecule has 2 aliphatic rings. The molecule has 116 valence electrons. The quantitative estimate of drug-likeness (QED) is 0.752. The van der Waals surface area contributed by atoms with Gasteiger partial charge in [-0.25, -0.2) is 13.1 Å². The molecule has 2 heterocycles. The van der Waals surface area contributed by atoms with E-state index in [4.69, 9.17) is 0 Å². The summed E-state index contributed by atoms with van der Waals surface area (Å²) in [6, 6.07) is -0.0249. The highest BCUT2D eigenvalue weighted by molar-refractivity contribution is 7.89. The van der Waals surface area contributed by atoms with Gasteiger partial charge in [0.25, 0.3) is 0 Å². The second kappa shape index (κ2) is 6.41. The molecule has 2 aliphatic heterocycles. The van der Waals surface area contributed by atoms with Gasteiger partial charge in [-0.05, 0) is 32.2 Å². The maximum Gasteiger partial charge on any atom is 0.227 e. The van der Waals surface area contributed by atoms with Crippen LogP contribution < -0.4 is 10.0 Å². The number of sulfonamides is 1. The SMILES string of the molecule is CCS(=O)(=O)NC1CCN(C(=O)C2CNCC2C)CC1. The van der Waals surface area contributed by atoms with Crippen LogP contribution in [0.3, 0.4) is 0 Å². The number of carbonyl (C=O) groups excluding carboxylic acids is 1. The fraction of sp³-hybridized carbons (Fsp3) is 0.923. The van der Waals surface area contributed by atoms with E-state index in [1.807, 2.05) is 4.90 Å². The number of amides is 1. The van der Waals surface area contributed by atoms with Gasteiger partial charge >= 0.3 is 0 Å². The lowest BCUT2D eigenvalue weighted by Crippen LogP contribution is -2.49. The van der Waals surface area contributed by atoms with E-state index < -0.39 is 10.0 Å². The highest BCUT2D eigenvalue weighted by Crippen LogP contribution is 2.21. The molecule has 2 saturated heterocycles. The summed E-state index contributed by atoms with van der Waals surface area (Å²) in [4.78, 5) is 14.3. The van der Waals surface area contributed by atoms with Crippen molar-refractivity contribution in [2.45, 2.75) is 32.7 Å². The molecule has 0 bridgehead atoms. The number of hydrogen-bond donors (Lipinski definition) is 2. The zero-order valence-electron chi connectivity index (χ0n) is 12.3. The molecular formula is C13H25N3O3S. The van der Waals surface area contributed by atoms with Crippen LogP contribution in [-0.2, 0) is 14.8 Å². The van der Waals surface area contributed by atoms with Crippen molar-refractivity contribution in [2.75, 3.05) is 31.9 Å². The van der Waals surface area contributed by atoms with Gasteiger partial charge < -0.3 is 10.2 Å². The van der Waals surface area contributed by atoms with E-state index in [1.54, 1.807) is 6.92 Å². The molecule has 0 aromatic rings. The molecule has 2 rings (SSSR count). The monoisotopic (exact) mass is 303 g/mol. The molecule has 0 aliphatic carbocycles. The van der Waals surface area contributed by atoms with Gasteiger partial charge in [0.05, 0.1) is 11.7 Å². The Hall–Kier alpha value is -0.660. The number of nitrogens with one attached hydrogen (secondary N) is 2. The number of hydrogen-bond acceptors (Lipinski definition) is 4. The summed E-state index contributed by atoms with van der Waals surface area (Å²) < 4.78 is 25.8. The van der Waals surface area contributed by atoms with Crippen LogP contribution in [0.5, 0.6) is 0 Å². The molecule has 0 saturated carbocycles. The Labute approximate surface area is 121 Å². The van der Waals surface area contributed by atoms with Gasteiger partial charge in [0, 0.05) is 25.7 Å². The largest absolute Gasteiger partial charge is 0.342 e. The molecule has 2 atom stereocenters. The fourth-order valence-electron chi connectivity index (χ4n) is 2.93. The molecule has 6 nitrogen and oxygen atoms in total. The van der Waals surface area contributed by atoms with Gasteiger partial charge in [-0.15, -0.1) is 0 Å². The van der Waals surface area contributed by atoms with Crippen molar-refractivity contribution >= 4 is 15.9 Å². The smallest absolute Gasteiger partial charge is 0.227 e. The average molecular weight is 303 g/mol. The first-order valence-corrected chi connectivity index (χ1v) is 9.07. The molecule has 2 fully saturated rings. The number of piperidine rings is 1. The lowest BCUT2D eigenvalue weighted by atomic mass is 9.95. The first-order chi connectivity index (χ1) is 9.43. The molecule has 0 radical (unpaired) electrons. The summed E-state index contributed by atoms with van der Waals surface area (Å²) in [6.07, 6.45) is 1.42. The minimum atomic E-state index is -3.14. The summed E-state index contributed by atoms with van der Waals surface area (Å²) in [5.41, 5.74) is 0. The second-order valence-corrected chi connectivity index (χ2v) is 7.91. The van der Waals surface area contributed by atoms with Crippen molar-refractivity contribution in [3.8, 4) is 0 Å². The zero-order valence-corrected chi connectivity index (χ0v) is 13.1. The van der Waals surface area contributed by atoms with Crippen LogP contribution >= 0.6 is 0 Å². The van der Waals surface area contributed by atoms with Crippen LogP contribution in [0, 0.1) is 11.8 Å². The van der Waals surface area contributed by atoms with Gasteiger partial charge in [0.1, 0.15) is 0 Å². The van der Waals surface area contributed by atoms with Crippen LogP contribution in [0.4, 0.5) is 0 Å². The zero-order chi connectivity index (χ0) is 14.8. The predicted molar refractivity (Wildman–Crippen MR) is 77.7 cm³/mol. The first-order valence-electron chi connectivity index (χ1n) is 7.42. The van der Waals surface area contributed by atoms with Gasteiger partial charge in [-0.3, -0.25) is 4.79 Å². The number of likely N-dealkylation sites (tertiary alicyclic amines) is 1. The fourth-order valence-corrected chi connectivity index (χ4v) is 3.84. The summed E-state index contributed by atoms with van der Waals surface area (Å²) >= 11 is 0. The molecule has 0 aromatic carbocycles. The van der Waals surface area contributed by atoms with E-state index >= 15 is 0 Å². The molecule has 2 unspecified atom stereocenters. The van der Waals surface area contributed by atoms with E-state index in [0.29, 0.717) is 31.8 Å². The molecular weight excluding hydrogens is 278 g/mol. The Bertz CT molecular complexity index is 444. The normalized spacial score (nSPS) is 28.8. The van der Waals surface area contributed by atoms with Crippen molar-refractivity contribution in [1.29, 1.82) is 0 Å². The summed E-state index contributed by atoms with van der Waals surface area (Å²) in [5.74, 6) is 0.800. The molecule has 20 heavy (non-hydrogen) atoms. The van der Waals surface area contributed by atoms with Crippen LogP contribution in [-0.4, -0.2) is 57.2 Å². The first kappa shape index (κ1) is 15.7. The molecule has 7 heteroatoms. The number of nitrogens with zero attached hydrogens (tertiary/aromatic N) is 1. The Morgan fingerprint density at radius 3 is 2.45 bits per heavy atom. The standard InChI is InChI=1S/C13H25N3O3S/c1-3-20(18,19)15-11-4-6-16(7-5-11)13(17)12-9-14-8-10(12)2/h10-12,14-15H,3-9H2,1-2H3. The Balaban J connectivity index is 1.83. The minimum Gasteiger partial charge on any atom is -0.342 e. The third-order valence-electron chi connectivity index (χ3n) is 4.37. The van der Waals surface area contributed by atoms with Crippen LogP contribution in [0.15, 0.2) is 0 Å². The van der Waals surface area contributed by atoms with Gasteiger partial charge in [0.15, 0.2) is 0 Å². The van der Waals surface area contributed by atoms with Crippen LogP contribution in [0.25, 0.3) is 0 Å². The van der Waals surface area contributed by atoms with Crippen molar-refractivity contribution in [2.24, 2.45) is 11.8 Å². The highest BCUT2D eigenvalue weighted by atomic mass is 32.2. The Morgan fingerprint density at radius 1 is 1.30 bits per heavy atom. The maximum atomic E-state index is 12.4. The molecule has 1 amide bonds. The van der Waals surface area contributed by atoms with Crippen LogP contribution in [0.2, 0.25) is 0 Å². The molecule has 0 aromatic heterocycles. The lowest BCUT2D eigenvalue weighted by Gasteiger charge is -2.34. The second-order valence-electron chi connectivity index (χ2n) is 5.86. The summed E-state index contributed by atoms with van der Waals surface area (Å²) in [7, 11) is -3.14. The number of rotatable bonds is 4. The van der Waals surface area contributed by atoms with Crippen molar-refractivity contribution in [3.05, 3.63) is 0 Å². The van der Waals surface area contributed by atoms with E-state index in [9.17, 15) is 13.2 Å². The summed E-state index contributed by atoms with van der Waals surface area (Å²) in [6.45, 7) is 6.71. The number of carbonyl (C=O) groups is 1. The third kappa shape index (κ3) is 3.71. The van der Waals surface area contributed by atoms with Crippen molar-refractivity contribution < 1.29 is 13.2 Å². The van der Waals surface area contributed by atoms with E-state index in [-0.39, 0.29) is 23.6 Å². The van der Waals surface area contributed by atoms with E-state index in [2.05, 4.69) is 17.0 Å². The lowest BCUT2D eigenvalue weighted by molar-refractivity contribution is -0.137. The Kier molecular flexibility index (Phi) is 5.04. The summed E-state index contributed by atoms with van der Waals surface area (Å²) in [5, 5.41) is 3.25. The maximum absolute atomic E-state index is 12.4. The van der Waals surface area contributed by atoms with E-state index in [1.165, 1.54) is 0 Å². The van der Waals surface area contributed by atoms with Gasteiger partial charge in [-0.1, -0.05) is 6.92 Å². The highest BCUT2D eigenvalue weighted by Gasteiger charge is 2.34. The van der Waals surface area contributed by atoms with Gasteiger partial charge in [-0.2, -0.15) is 0 Å². The van der Waals surface area contributed by atoms with Crippen molar-refractivity contribution in [1.82, 2.24) is 14.9 Å². The van der Waals surface area contributed by atoms with E-state index in [0.717, 1.165) is 13.1 Å². The van der Waals surface area contributed by atoms with Gasteiger partial charge in [0.2, 0.25) is 15.9 Å². The third-order valence-corrected chi connectivity index (χ3v) is 5.82. The molecule has 0 spiro atoms. The molecule has 2 N–H and O–H groups in total. The Morgan fingerprint density at radius 2 is 1.95 bits per heavy atom. The topological polar surface area (TPSA) is 78.5 Å². The predicted octanol–water partition coefficient (Wildman–Crippen LogP) is -0.228. The minimum absolute atomic E-state index is 0.0249.